The second-order valence-electron chi connectivity index (χ2n) is 2.92. The highest BCUT2D eigenvalue weighted by Crippen LogP contribution is 2.28. The van der Waals surface area contributed by atoms with Crippen LogP contribution < -0.4 is 5.56 Å². The third kappa shape index (κ3) is 2.19. The number of aromatic amines is 1. The number of nitrogens with one attached hydrogen (secondary N) is 1. The minimum Gasteiger partial charge on any atom is -0.313 e. The summed E-state index contributed by atoms with van der Waals surface area (Å²) in [5, 5.41) is 1.06. The molecule has 0 saturated carbocycles. The normalized spacial score (nSPS) is 10.3. The summed E-state index contributed by atoms with van der Waals surface area (Å²) < 4.78 is 0. The van der Waals surface area contributed by atoms with E-state index in [9.17, 15) is 4.79 Å². The van der Waals surface area contributed by atoms with Gasteiger partial charge in [0.05, 0.1) is 17.0 Å². The van der Waals surface area contributed by atoms with Crippen molar-refractivity contribution in [1.82, 2.24) is 9.97 Å². The molecule has 0 unspecified atom stereocenters. The number of halogens is 2. The summed E-state index contributed by atoms with van der Waals surface area (Å²) in [7, 11) is 0. The lowest BCUT2D eigenvalue weighted by atomic mass is 10.1. The Morgan fingerprint density at radius 2 is 2.00 bits per heavy atom. The maximum absolute atomic E-state index is 11.1. The van der Waals surface area contributed by atoms with Crippen LogP contribution in [-0.2, 0) is 0 Å². The predicted octanol–water partition coefficient (Wildman–Crippen LogP) is 2.74. The second-order valence-corrected chi connectivity index (χ2v) is 3.76. The van der Waals surface area contributed by atoms with Crippen LogP contribution in [0.3, 0.4) is 0 Å². The molecule has 5 heteroatoms. The van der Waals surface area contributed by atoms with Gasteiger partial charge in [0.2, 0.25) is 0 Å². The summed E-state index contributed by atoms with van der Waals surface area (Å²) in [6, 6.07) is 6.39. The molecule has 0 aliphatic rings. The van der Waals surface area contributed by atoms with E-state index < -0.39 is 0 Å². The first-order valence-electron chi connectivity index (χ1n) is 4.17. The monoisotopic (exact) mass is 240 g/mol. The maximum Gasteiger partial charge on any atom is 0.251 e. The summed E-state index contributed by atoms with van der Waals surface area (Å²) in [5.41, 5.74) is 0.928. The summed E-state index contributed by atoms with van der Waals surface area (Å²) >= 11 is 11.8. The average molecular weight is 241 g/mol. The Hall–Kier alpha value is -1.32. The number of rotatable bonds is 1. The fraction of sp³-hybridized carbons (Fsp3) is 0. The Balaban J connectivity index is 2.63. The summed E-state index contributed by atoms with van der Waals surface area (Å²) in [5.74, 6) is 0. The van der Waals surface area contributed by atoms with Crippen molar-refractivity contribution in [3.8, 4) is 11.3 Å². The molecule has 0 atom stereocenters. The topological polar surface area (TPSA) is 45.8 Å². The third-order valence-corrected chi connectivity index (χ3v) is 2.45. The molecule has 0 aliphatic heterocycles. The molecule has 1 N–H and O–H groups in total. The molecule has 0 amide bonds. The molecule has 2 aromatic rings. The van der Waals surface area contributed by atoms with E-state index in [-0.39, 0.29) is 5.56 Å². The minimum absolute atomic E-state index is 0.226. The second kappa shape index (κ2) is 4.04. The largest absolute Gasteiger partial charge is 0.313 e. The van der Waals surface area contributed by atoms with Crippen LogP contribution >= 0.6 is 23.2 Å². The number of nitrogens with zero attached hydrogens (tertiary/aromatic N) is 1. The van der Waals surface area contributed by atoms with Gasteiger partial charge in [-0.1, -0.05) is 23.2 Å². The Morgan fingerprint density at radius 1 is 1.20 bits per heavy atom. The van der Waals surface area contributed by atoms with Crippen LogP contribution in [0.25, 0.3) is 11.3 Å². The third-order valence-electron chi connectivity index (χ3n) is 1.88. The van der Waals surface area contributed by atoms with E-state index >= 15 is 0 Å². The lowest BCUT2D eigenvalue weighted by molar-refractivity contribution is 1.12. The summed E-state index contributed by atoms with van der Waals surface area (Å²) in [6.45, 7) is 0. The molecule has 1 aromatic carbocycles. The van der Waals surface area contributed by atoms with E-state index in [2.05, 4.69) is 9.97 Å². The first-order valence-corrected chi connectivity index (χ1v) is 4.92. The maximum atomic E-state index is 11.1. The van der Waals surface area contributed by atoms with Gasteiger partial charge in [-0.15, -0.1) is 0 Å². The fourth-order valence-electron chi connectivity index (χ4n) is 1.21. The van der Waals surface area contributed by atoms with Crippen molar-refractivity contribution in [2.24, 2.45) is 0 Å². The van der Waals surface area contributed by atoms with Gasteiger partial charge in [-0.25, -0.2) is 4.98 Å². The first kappa shape index (κ1) is 10.2. The molecule has 0 fully saturated rings. The van der Waals surface area contributed by atoms with Crippen molar-refractivity contribution in [3.05, 3.63) is 51.0 Å². The van der Waals surface area contributed by atoms with Gasteiger partial charge in [-0.3, -0.25) is 4.79 Å². The molecule has 0 aliphatic carbocycles. The predicted molar refractivity (Wildman–Crippen MR) is 60.3 cm³/mol. The first-order chi connectivity index (χ1) is 7.16. The molecule has 76 valence electrons. The van der Waals surface area contributed by atoms with Crippen molar-refractivity contribution in [2.45, 2.75) is 0 Å². The Labute approximate surface area is 95.7 Å². The summed E-state index contributed by atoms with van der Waals surface area (Å²) in [6.07, 6.45) is 1.33. The minimum atomic E-state index is -0.226. The van der Waals surface area contributed by atoms with Crippen molar-refractivity contribution in [1.29, 1.82) is 0 Å². The van der Waals surface area contributed by atoms with Crippen LogP contribution in [0.4, 0.5) is 0 Å². The molecule has 0 radical (unpaired) electrons. The molecule has 0 spiro atoms. The van der Waals surface area contributed by atoms with Crippen LogP contribution in [0, 0.1) is 0 Å². The molecule has 15 heavy (non-hydrogen) atoms. The lowest BCUT2D eigenvalue weighted by Crippen LogP contribution is -2.04. The lowest BCUT2D eigenvalue weighted by Gasteiger charge is -2.02. The number of H-pyrrole nitrogens is 1. The molecule has 1 aromatic heterocycles. The van der Waals surface area contributed by atoms with E-state index in [1.54, 1.807) is 18.2 Å². The van der Waals surface area contributed by atoms with Crippen LogP contribution in [0.15, 0.2) is 35.4 Å². The van der Waals surface area contributed by atoms with Gasteiger partial charge in [0, 0.05) is 16.7 Å². The zero-order chi connectivity index (χ0) is 10.8. The Kier molecular flexibility index (Phi) is 2.75. The van der Waals surface area contributed by atoms with Gasteiger partial charge in [-0.05, 0) is 18.2 Å². The number of hydrogen-bond acceptors (Lipinski definition) is 2. The SMILES string of the molecule is O=c1cc(-c2cc(Cl)ccc2Cl)nc[nH]1. The van der Waals surface area contributed by atoms with Crippen LogP contribution in [0.2, 0.25) is 10.0 Å². The van der Waals surface area contributed by atoms with Gasteiger partial charge in [0.25, 0.3) is 5.56 Å². The van der Waals surface area contributed by atoms with Crippen molar-refractivity contribution >= 4 is 23.2 Å². The zero-order valence-electron chi connectivity index (χ0n) is 7.50. The summed E-state index contributed by atoms with van der Waals surface area (Å²) in [4.78, 5) is 17.5. The molecular formula is C10H6Cl2N2O. The Morgan fingerprint density at radius 3 is 2.73 bits per heavy atom. The Bertz CT molecular complexity index is 551. The molecular weight excluding hydrogens is 235 g/mol. The van der Waals surface area contributed by atoms with Crippen LogP contribution in [0.1, 0.15) is 0 Å². The molecule has 1 heterocycles. The average Bonchev–Trinajstić information content (AvgIpc) is 2.22. The molecule has 0 saturated heterocycles. The highest BCUT2D eigenvalue weighted by atomic mass is 35.5. The molecule has 2 rings (SSSR count). The molecule has 3 nitrogen and oxygen atoms in total. The van der Waals surface area contributed by atoms with E-state index in [4.69, 9.17) is 23.2 Å². The quantitative estimate of drug-likeness (QED) is 0.834. The highest BCUT2D eigenvalue weighted by Gasteiger charge is 2.05. The van der Waals surface area contributed by atoms with E-state index in [1.807, 2.05) is 0 Å². The fourth-order valence-corrected chi connectivity index (χ4v) is 1.60. The van der Waals surface area contributed by atoms with Gasteiger partial charge < -0.3 is 4.98 Å². The van der Waals surface area contributed by atoms with Crippen molar-refractivity contribution < 1.29 is 0 Å². The molecule has 0 bridgehead atoms. The van der Waals surface area contributed by atoms with Crippen LogP contribution in [0.5, 0.6) is 0 Å². The van der Waals surface area contributed by atoms with E-state index in [1.165, 1.54) is 12.4 Å². The van der Waals surface area contributed by atoms with Crippen molar-refractivity contribution in [2.75, 3.05) is 0 Å². The van der Waals surface area contributed by atoms with Gasteiger partial charge >= 0.3 is 0 Å². The zero-order valence-corrected chi connectivity index (χ0v) is 9.01. The highest BCUT2D eigenvalue weighted by molar-refractivity contribution is 6.35. The van der Waals surface area contributed by atoms with Gasteiger partial charge in [-0.2, -0.15) is 0 Å². The van der Waals surface area contributed by atoms with Crippen molar-refractivity contribution in [3.63, 3.8) is 0 Å². The van der Waals surface area contributed by atoms with E-state index in [0.29, 0.717) is 21.3 Å². The smallest absolute Gasteiger partial charge is 0.251 e. The van der Waals surface area contributed by atoms with Crippen LogP contribution in [-0.4, -0.2) is 9.97 Å². The van der Waals surface area contributed by atoms with Gasteiger partial charge in [0.1, 0.15) is 0 Å². The van der Waals surface area contributed by atoms with E-state index in [0.717, 1.165) is 0 Å². The number of benzene rings is 1. The standard InChI is InChI=1S/C10H6Cl2N2O/c11-6-1-2-8(12)7(3-6)9-4-10(15)14-5-13-9/h1-5H,(H,13,14,15). The number of aromatic nitrogens is 2. The number of hydrogen-bond donors (Lipinski definition) is 1. The van der Waals surface area contributed by atoms with Gasteiger partial charge in [0.15, 0.2) is 0 Å².